The van der Waals surface area contributed by atoms with Crippen LogP contribution in [0.5, 0.6) is 0 Å². The summed E-state index contributed by atoms with van der Waals surface area (Å²) >= 11 is 1.61. The van der Waals surface area contributed by atoms with Crippen molar-refractivity contribution in [3.05, 3.63) is 52.0 Å². The van der Waals surface area contributed by atoms with Crippen LogP contribution in [0.3, 0.4) is 0 Å². The first kappa shape index (κ1) is 12.2. The van der Waals surface area contributed by atoms with Crippen molar-refractivity contribution in [1.29, 1.82) is 0 Å². The smallest absolute Gasteiger partial charge is 0.0962 e. The quantitative estimate of drug-likeness (QED) is 0.872. The molecule has 0 saturated heterocycles. The molecule has 17 heavy (non-hydrogen) atoms. The second-order valence-electron chi connectivity index (χ2n) is 4.02. The molecule has 4 heteroatoms. The molecule has 2 aromatic heterocycles. The fourth-order valence-electron chi connectivity index (χ4n) is 1.87. The number of thiophene rings is 1. The van der Waals surface area contributed by atoms with E-state index in [0.29, 0.717) is 6.54 Å². The van der Waals surface area contributed by atoms with Gasteiger partial charge in [0.15, 0.2) is 0 Å². The fraction of sp³-hybridized carbons (Fsp3) is 0.308. The molecule has 0 radical (unpaired) electrons. The number of hydrogen-bond acceptors (Lipinski definition) is 4. The highest BCUT2D eigenvalue weighted by Gasteiger charge is 2.22. The lowest BCUT2D eigenvalue weighted by Crippen LogP contribution is -2.19. The lowest BCUT2D eigenvalue weighted by atomic mass is 9.93. The van der Waals surface area contributed by atoms with Crippen molar-refractivity contribution in [2.45, 2.75) is 18.9 Å². The van der Waals surface area contributed by atoms with Gasteiger partial charge in [0.1, 0.15) is 0 Å². The Bertz CT molecular complexity index is 469. The zero-order chi connectivity index (χ0) is 12.3. The van der Waals surface area contributed by atoms with E-state index in [1.165, 1.54) is 4.88 Å². The van der Waals surface area contributed by atoms with Crippen molar-refractivity contribution < 1.29 is 5.11 Å². The lowest BCUT2D eigenvalue weighted by Gasteiger charge is -2.20. The van der Waals surface area contributed by atoms with Gasteiger partial charge in [0.2, 0.25) is 0 Å². The summed E-state index contributed by atoms with van der Waals surface area (Å²) in [5, 5.41) is 10.4. The van der Waals surface area contributed by atoms with Crippen LogP contribution in [0.25, 0.3) is 0 Å². The van der Waals surface area contributed by atoms with E-state index in [2.05, 4.69) is 4.98 Å². The van der Waals surface area contributed by atoms with Crippen LogP contribution in [-0.2, 0) is 0 Å². The highest BCUT2D eigenvalue weighted by molar-refractivity contribution is 7.12. The van der Waals surface area contributed by atoms with E-state index in [4.69, 9.17) is 5.73 Å². The largest absolute Gasteiger partial charge is 0.387 e. The summed E-state index contributed by atoms with van der Waals surface area (Å²) in [6.45, 7) is 2.45. The predicted molar refractivity (Wildman–Crippen MR) is 70.0 cm³/mol. The number of pyridine rings is 1. The molecule has 0 spiro atoms. The van der Waals surface area contributed by atoms with Crippen molar-refractivity contribution in [2.24, 2.45) is 5.73 Å². The van der Waals surface area contributed by atoms with E-state index in [9.17, 15) is 5.11 Å². The van der Waals surface area contributed by atoms with Gasteiger partial charge in [-0.2, -0.15) is 0 Å². The summed E-state index contributed by atoms with van der Waals surface area (Å²) in [6, 6.07) is 7.79. The first-order valence-corrected chi connectivity index (χ1v) is 6.38. The molecule has 0 fully saturated rings. The van der Waals surface area contributed by atoms with Gasteiger partial charge in [0.05, 0.1) is 6.10 Å². The molecule has 0 aromatic carbocycles. The Morgan fingerprint density at radius 2 is 2.00 bits per heavy atom. The number of rotatable bonds is 4. The SMILES string of the molecule is Cc1ccc(C(O)C(CN)c2ccncc2)s1. The van der Waals surface area contributed by atoms with Crippen LogP contribution in [0.1, 0.15) is 27.3 Å². The third kappa shape index (κ3) is 2.72. The summed E-state index contributed by atoms with van der Waals surface area (Å²) in [5.41, 5.74) is 6.80. The molecule has 2 unspecified atom stereocenters. The molecule has 2 rings (SSSR count). The summed E-state index contributed by atoms with van der Waals surface area (Å²) in [4.78, 5) is 6.14. The summed E-state index contributed by atoms with van der Waals surface area (Å²) in [7, 11) is 0. The van der Waals surface area contributed by atoms with E-state index in [-0.39, 0.29) is 5.92 Å². The van der Waals surface area contributed by atoms with Gasteiger partial charge in [-0.3, -0.25) is 4.98 Å². The van der Waals surface area contributed by atoms with Gasteiger partial charge in [0, 0.05) is 34.6 Å². The third-order valence-electron chi connectivity index (χ3n) is 2.82. The normalized spacial score (nSPS) is 14.5. The van der Waals surface area contributed by atoms with Crippen molar-refractivity contribution in [3.63, 3.8) is 0 Å². The number of aromatic nitrogens is 1. The molecule has 0 amide bonds. The minimum Gasteiger partial charge on any atom is -0.387 e. The molecular weight excluding hydrogens is 232 g/mol. The number of aliphatic hydroxyl groups excluding tert-OH is 1. The maximum atomic E-state index is 10.4. The van der Waals surface area contributed by atoms with Gasteiger partial charge in [-0.25, -0.2) is 0 Å². The second kappa shape index (κ2) is 5.40. The van der Waals surface area contributed by atoms with Crippen molar-refractivity contribution >= 4 is 11.3 Å². The fourth-order valence-corrected chi connectivity index (χ4v) is 2.80. The van der Waals surface area contributed by atoms with Gasteiger partial charge >= 0.3 is 0 Å². The van der Waals surface area contributed by atoms with Crippen LogP contribution in [-0.4, -0.2) is 16.6 Å². The van der Waals surface area contributed by atoms with Crippen LogP contribution in [0, 0.1) is 6.92 Å². The van der Waals surface area contributed by atoms with Crippen LogP contribution < -0.4 is 5.73 Å². The number of aliphatic hydroxyl groups is 1. The second-order valence-corrected chi connectivity index (χ2v) is 5.34. The van der Waals surface area contributed by atoms with Gasteiger partial charge in [-0.05, 0) is 36.8 Å². The maximum Gasteiger partial charge on any atom is 0.0962 e. The Labute approximate surface area is 105 Å². The Kier molecular flexibility index (Phi) is 3.89. The number of nitrogens with zero attached hydrogens (tertiary/aromatic N) is 1. The molecule has 0 saturated carbocycles. The van der Waals surface area contributed by atoms with Crippen LogP contribution >= 0.6 is 11.3 Å². The number of nitrogens with two attached hydrogens (primary N) is 1. The molecule has 3 N–H and O–H groups in total. The van der Waals surface area contributed by atoms with Gasteiger partial charge in [-0.15, -0.1) is 11.3 Å². The molecule has 2 aromatic rings. The van der Waals surface area contributed by atoms with Gasteiger partial charge in [0.25, 0.3) is 0 Å². The Morgan fingerprint density at radius 1 is 1.29 bits per heavy atom. The highest BCUT2D eigenvalue weighted by Crippen LogP contribution is 2.33. The molecule has 2 atom stereocenters. The molecule has 0 aliphatic rings. The Balaban J connectivity index is 2.25. The lowest BCUT2D eigenvalue weighted by molar-refractivity contribution is 0.151. The number of hydrogen-bond donors (Lipinski definition) is 2. The molecule has 0 aliphatic heterocycles. The summed E-state index contributed by atoms with van der Waals surface area (Å²) < 4.78 is 0. The van der Waals surface area contributed by atoms with E-state index in [1.54, 1.807) is 23.7 Å². The third-order valence-corrected chi connectivity index (χ3v) is 3.89. The molecule has 0 aliphatic carbocycles. The van der Waals surface area contributed by atoms with E-state index < -0.39 is 6.10 Å². The molecule has 90 valence electrons. The summed E-state index contributed by atoms with van der Waals surface area (Å²) in [5.74, 6) is -0.0731. The van der Waals surface area contributed by atoms with Crippen molar-refractivity contribution in [3.8, 4) is 0 Å². The van der Waals surface area contributed by atoms with Crippen LogP contribution in [0.15, 0.2) is 36.7 Å². The standard InChI is InChI=1S/C13H16N2OS/c1-9-2-3-12(17-9)13(16)11(8-14)10-4-6-15-7-5-10/h2-7,11,13,16H,8,14H2,1H3. The first-order chi connectivity index (χ1) is 8.22. The van der Waals surface area contributed by atoms with E-state index in [0.717, 1.165) is 10.4 Å². The zero-order valence-corrected chi connectivity index (χ0v) is 10.5. The topological polar surface area (TPSA) is 59.1 Å². The highest BCUT2D eigenvalue weighted by atomic mass is 32.1. The maximum absolute atomic E-state index is 10.4. The molecular formula is C13H16N2OS. The van der Waals surface area contributed by atoms with Gasteiger partial charge in [-0.1, -0.05) is 0 Å². The minimum absolute atomic E-state index is 0.0731. The molecule has 0 bridgehead atoms. The zero-order valence-electron chi connectivity index (χ0n) is 9.71. The summed E-state index contributed by atoms with van der Waals surface area (Å²) in [6.07, 6.45) is 2.91. The van der Waals surface area contributed by atoms with Crippen molar-refractivity contribution in [2.75, 3.05) is 6.54 Å². The van der Waals surface area contributed by atoms with Gasteiger partial charge < -0.3 is 10.8 Å². The average molecular weight is 248 g/mol. The first-order valence-electron chi connectivity index (χ1n) is 5.56. The predicted octanol–water partition coefficient (Wildman–Crippen LogP) is 2.23. The molecule has 2 heterocycles. The average Bonchev–Trinajstić information content (AvgIpc) is 2.78. The Morgan fingerprint density at radius 3 is 2.53 bits per heavy atom. The monoisotopic (exact) mass is 248 g/mol. The minimum atomic E-state index is -0.541. The Hall–Kier alpha value is -1.23. The molecule has 3 nitrogen and oxygen atoms in total. The van der Waals surface area contributed by atoms with Crippen molar-refractivity contribution in [1.82, 2.24) is 4.98 Å². The van der Waals surface area contributed by atoms with E-state index in [1.807, 2.05) is 31.2 Å². The van der Waals surface area contributed by atoms with Crippen LogP contribution in [0.4, 0.5) is 0 Å². The number of aryl methyl sites for hydroxylation is 1. The van der Waals surface area contributed by atoms with E-state index >= 15 is 0 Å². The van der Waals surface area contributed by atoms with Crippen LogP contribution in [0.2, 0.25) is 0 Å².